The summed E-state index contributed by atoms with van der Waals surface area (Å²) < 4.78 is 27.9. The van der Waals surface area contributed by atoms with E-state index < -0.39 is 10.0 Å². The molecule has 0 radical (unpaired) electrons. The van der Waals surface area contributed by atoms with Crippen LogP contribution >= 0.6 is 0 Å². The Labute approximate surface area is 128 Å². The lowest BCUT2D eigenvalue weighted by molar-refractivity contribution is 0.426. The van der Waals surface area contributed by atoms with Crippen molar-refractivity contribution < 1.29 is 8.42 Å². The van der Waals surface area contributed by atoms with E-state index >= 15 is 0 Å². The molecular weight excluding hydrogens is 284 g/mol. The van der Waals surface area contributed by atoms with E-state index in [2.05, 4.69) is 4.72 Å². The second-order valence-electron chi connectivity index (χ2n) is 5.96. The molecule has 1 aromatic carbocycles. The molecule has 0 atom stereocenters. The van der Waals surface area contributed by atoms with Crippen LogP contribution in [0.3, 0.4) is 0 Å². The van der Waals surface area contributed by atoms with Gasteiger partial charge in [-0.2, -0.15) is 0 Å². The van der Waals surface area contributed by atoms with Crippen molar-refractivity contribution in [1.82, 2.24) is 4.72 Å². The molecule has 0 bridgehead atoms. The second kappa shape index (κ2) is 7.38. The fourth-order valence-electron chi connectivity index (χ4n) is 2.90. The summed E-state index contributed by atoms with van der Waals surface area (Å²) in [6.45, 7) is 2.31. The van der Waals surface area contributed by atoms with Gasteiger partial charge >= 0.3 is 0 Å². The van der Waals surface area contributed by atoms with Crippen molar-refractivity contribution in [3.05, 3.63) is 29.3 Å². The summed E-state index contributed by atoms with van der Waals surface area (Å²) in [6, 6.07) is 5.26. The summed E-state index contributed by atoms with van der Waals surface area (Å²) in [7, 11) is -3.44. The quantitative estimate of drug-likeness (QED) is 0.898. The van der Waals surface area contributed by atoms with Gasteiger partial charge < -0.3 is 5.73 Å². The fraction of sp³-hybridized carbons (Fsp3) is 0.625. The standard InChI is InChI=1S/C16H26N2O2S/c1-13-9-10-16(11-14(13)12-17)21(19,20)18-15-7-5-3-2-4-6-8-15/h9-11,15,18H,2-8,12,17H2,1H3. The number of hydrogen-bond acceptors (Lipinski definition) is 3. The summed E-state index contributed by atoms with van der Waals surface area (Å²) in [5.41, 5.74) is 7.58. The molecule has 0 heterocycles. The van der Waals surface area contributed by atoms with Crippen molar-refractivity contribution in [2.45, 2.75) is 69.4 Å². The van der Waals surface area contributed by atoms with Crippen molar-refractivity contribution in [3.8, 4) is 0 Å². The topological polar surface area (TPSA) is 72.2 Å². The molecule has 0 amide bonds. The van der Waals surface area contributed by atoms with Gasteiger partial charge in [-0.3, -0.25) is 0 Å². The lowest BCUT2D eigenvalue weighted by atomic mass is 9.97. The smallest absolute Gasteiger partial charge is 0.240 e. The molecule has 1 aromatic rings. The number of benzene rings is 1. The highest BCUT2D eigenvalue weighted by Gasteiger charge is 2.21. The zero-order chi connectivity index (χ0) is 15.3. The predicted octanol–water partition coefficient (Wildman–Crippen LogP) is 2.84. The third-order valence-electron chi connectivity index (χ3n) is 4.28. The van der Waals surface area contributed by atoms with Crippen LogP contribution in [0.1, 0.15) is 56.1 Å². The van der Waals surface area contributed by atoms with E-state index in [9.17, 15) is 8.42 Å². The molecule has 0 saturated heterocycles. The van der Waals surface area contributed by atoms with Crippen molar-refractivity contribution in [3.63, 3.8) is 0 Å². The van der Waals surface area contributed by atoms with Gasteiger partial charge in [0.05, 0.1) is 4.90 Å². The molecule has 5 heteroatoms. The molecule has 4 nitrogen and oxygen atoms in total. The maximum Gasteiger partial charge on any atom is 0.240 e. The Morgan fingerprint density at radius 2 is 1.76 bits per heavy atom. The van der Waals surface area contributed by atoms with Gasteiger partial charge in [0.1, 0.15) is 0 Å². The van der Waals surface area contributed by atoms with Crippen LogP contribution in [0, 0.1) is 6.92 Å². The molecule has 0 spiro atoms. The Morgan fingerprint density at radius 1 is 1.14 bits per heavy atom. The first-order chi connectivity index (χ1) is 10.0. The van der Waals surface area contributed by atoms with Crippen molar-refractivity contribution >= 4 is 10.0 Å². The Balaban J connectivity index is 2.13. The third kappa shape index (κ3) is 4.53. The van der Waals surface area contributed by atoms with Crippen LogP contribution in [0.5, 0.6) is 0 Å². The first-order valence-corrected chi connectivity index (χ1v) is 9.33. The number of aryl methyl sites for hydroxylation is 1. The highest BCUT2D eigenvalue weighted by atomic mass is 32.2. The minimum Gasteiger partial charge on any atom is -0.326 e. The van der Waals surface area contributed by atoms with E-state index in [4.69, 9.17) is 5.73 Å². The molecule has 0 aliphatic heterocycles. The summed E-state index contributed by atoms with van der Waals surface area (Å²) in [6.07, 6.45) is 7.78. The number of sulfonamides is 1. The van der Waals surface area contributed by atoms with E-state index in [1.54, 1.807) is 12.1 Å². The largest absolute Gasteiger partial charge is 0.326 e. The first kappa shape index (κ1) is 16.5. The van der Waals surface area contributed by atoms with E-state index in [0.717, 1.165) is 36.8 Å². The lowest BCUT2D eigenvalue weighted by Gasteiger charge is -2.21. The monoisotopic (exact) mass is 310 g/mol. The Kier molecular flexibility index (Phi) is 5.79. The molecular formula is C16H26N2O2S. The van der Waals surface area contributed by atoms with Gasteiger partial charge in [0.2, 0.25) is 10.0 Å². The first-order valence-electron chi connectivity index (χ1n) is 7.85. The molecule has 1 saturated carbocycles. The van der Waals surface area contributed by atoms with E-state index in [0.29, 0.717) is 11.4 Å². The molecule has 1 fully saturated rings. The summed E-state index contributed by atoms with van der Waals surface area (Å²) in [5.74, 6) is 0. The summed E-state index contributed by atoms with van der Waals surface area (Å²) in [5, 5.41) is 0. The SMILES string of the molecule is Cc1ccc(S(=O)(=O)NC2CCCCCCC2)cc1CN. The van der Waals surface area contributed by atoms with E-state index in [-0.39, 0.29) is 6.04 Å². The van der Waals surface area contributed by atoms with Gasteiger partial charge in [0.15, 0.2) is 0 Å². The molecule has 3 N–H and O–H groups in total. The van der Waals surface area contributed by atoms with Crippen LogP contribution in [-0.2, 0) is 16.6 Å². The minimum atomic E-state index is -3.44. The molecule has 1 aliphatic carbocycles. The van der Waals surface area contributed by atoms with Gasteiger partial charge in [0, 0.05) is 12.6 Å². The molecule has 118 valence electrons. The van der Waals surface area contributed by atoms with Crippen LogP contribution in [0.25, 0.3) is 0 Å². The number of rotatable bonds is 4. The Bertz CT molecular complexity index is 562. The maximum atomic E-state index is 12.5. The van der Waals surface area contributed by atoms with Crippen molar-refractivity contribution in [2.24, 2.45) is 5.73 Å². The maximum absolute atomic E-state index is 12.5. The van der Waals surface area contributed by atoms with Gasteiger partial charge in [-0.1, -0.05) is 38.2 Å². The molecule has 0 aromatic heterocycles. The second-order valence-corrected chi connectivity index (χ2v) is 7.67. The highest BCUT2D eigenvalue weighted by Crippen LogP contribution is 2.20. The van der Waals surface area contributed by atoms with Gasteiger partial charge in [0.25, 0.3) is 0 Å². The normalized spacial score (nSPS) is 18.2. The van der Waals surface area contributed by atoms with E-state index in [1.165, 1.54) is 19.3 Å². The summed E-state index contributed by atoms with van der Waals surface area (Å²) >= 11 is 0. The van der Waals surface area contributed by atoms with Crippen molar-refractivity contribution in [2.75, 3.05) is 0 Å². The van der Waals surface area contributed by atoms with Crippen molar-refractivity contribution in [1.29, 1.82) is 0 Å². The predicted molar refractivity (Wildman–Crippen MR) is 85.5 cm³/mol. The van der Waals surface area contributed by atoms with Crippen LogP contribution in [0.15, 0.2) is 23.1 Å². The molecule has 21 heavy (non-hydrogen) atoms. The average molecular weight is 310 g/mol. The number of nitrogens with two attached hydrogens (primary N) is 1. The van der Waals surface area contributed by atoms with Crippen LogP contribution in [-0.4, -0.2) is 14.5 Å². The van der Waals surface area contributed by atoms with Crippen LogP contribution < -0.4 is 10.5 Å². The molecule has 1 aliphatic rings. The van der Waals surface area contributed by atoms with Crippen LogP contribution in [0.2, 0.25) is 0 Å². The van der Waals surface area contributed by atoms with Crippen LogP contribution in [0.4, 0.5) is 0 Å². The lowest BCUT2D eigenvalue weighted by Crippen LogP contribution is -2.35. The summed E-state index contributed by atoms with van der Waals surface area (Å²) in [4.78, 5) is 0.329. The molecule has 0 unspecified atom stereocenters. The average Bonchev–Trinajstić information content (AvgIpc) is 2.42. The fourth-order valence-corrected chi connectivity index (χ4v) is 4.25. The zero-order valence-corrected chi connectivity index (χ0v) is 13.6. The Morgan fingerprint density at radius 3 is 2.38 bits per heavy atom. The van der Waals surface area contributed by atoms with Gasteiger partial charge in [-0.15, -0.1) is 0 Å². The number of nitrogens with one attached hydrogen (secondary N) is 1. The van der Waals surface area contributed by atoms with Gasteiger partial charge in [-0.25, -0.2) is 13.1 Å². The highest BCUT2D eigenvalue weighted by molar-refractivity contribution is 7.89. The van der Waals surface area contributed by atoms with E-state index in [1.807, 2.05) is 13.0 Å². The molecule has 2 rings (SSSR count). The number of hydrogen-bond donors (Lipinski definition) is 2. The third-order valence-corrected chi connectivity index (χ3v) is 5.80. The zero-order valence-electron chi connectivity index (χ0n) is 12.8. The van der Waals surface area contributed by atoms with Gasteiger partial charge in [-0.05, 0) is 43.0 Å². The minimum absolute atomic E-state index is 0.0675. The Hall–Kier alpha value is -0.910.